The molecule has 0 aliphatic carbocycles. The fourth-order valence-corrected chi connectivity index (χ4v) is 3.94. The lowest BCUT2D eigenvalue weighted by atomic mass is 9.88. The molecule has 0 radical (unpaired) electrons. The van der Waals surface area contributed by atoms with Gasteiger partial charge in [-0.3, -0.25) is 9.59 Å². The second-order valence-corrected chi connectivity index (χ2v) is 8.53. The Kier molecular flexibility index (Phi) is 5.18. The van der Waals surface area contributed by atoms with Crippen LogP contribution in [0.4, 0.5) is 0 Å². The van der Waals surface area contributed by atoms with Gasteiger partial charge in [-0.1, -0.05) is 34.6 Å². The van der Waals surface area contributed by atoms with E-state index in [0.29, 0.717) is 18.4 Å². The van der Waals surface area contributed by atoms with Crippen molar-refractivity contribution in [2.75, 3.05) is 26.2 Å². The number of likely N-dealkylation sites (tertiary alicyclic amines) is 2. The van der Waals surface area contributed by atoms with Gasteiger partial charge in [0.25, 0.3) is 0 Å². The van der Waals surface area contributed by atoms with Crippen LogP contribution in [0.3, 0.4) is 0 Å². The van der Waals surface area contributed by atoms with Crippen LogP contribution >= 0.6 is 0 Å². The van der Waals surface area contributed by atoms with Crippen LogP contribution in [0.2, 0.25) is 0 Å². The van der Waals surface area contributed by atoms with Gasteiger partial charge in [-0.15, -0.1) is 0 Å². The number of carbonyl (C=O) groups excluding carboxylic acids is 2. The molecule has 0 spiro atoms. The molecular formula is C18H32N2O2. The first-order chi connectivity index (χ1) is 10.2. The van der Waals surface area contributed by atoms with Crippen molar-refractivity contribution in [2.24, 2.45) is 23.2 Å². The molecule has 2 aliphatic rings. The van der Waals surface area contributed by atoms with Crippen molar-refractivity contribution in [3.63, 3.8) is 0 Å². The summed E-state index contributed by atoms with van der Waals surface area (Å²) in [4.78, 5) is 29.3. The molecule has 4 heteroatoms. The van der Waals surface area contributed by atoms with Gasteiger partial charge in [0, 0.05) is 31.6 Å². The molecule has 3 atom stereocenters. The van der Waals surface area contributed by atoms with E-state index in [1.165, 1.54) is 6.42 Å². The maximum absolute atomic E-state index is 12.9. The maximum atomic E-state index is 12.9. The first kappa shape index (κ1) is 17.3. The van der Waals surface area contributed by atoms with Gasteiger partial charge >= 0.3 is 0 Å². The number of nitrogens with zero attached hydrogens (tertiary/aromatic N) is 2. The summed E-state index contributed by atoms with van der Waals surface area (Å²) >= 11 is 0. The van der Waals surface area contributed by atoms with Crippen LogP contribution in [0.1, 0.15) is 53.9 Å². The minimum atomic E-state index is -0.362. The fourth-order valence-electron chi connectivity index (χ4n) is 3.94. The highest BCUT2D eigenvalue weighted by atomic mass is 16.2. The van der Waals surface area contributed by atoms with Crippen LogP contribution in [0.5, 0.6) is 0 Å². The Morgan fingerprint density at radius 3 is 2.09 bits per heavy atom. The predicted molar refractivity (Wildman–Crippen MR) is 88.3 cm³/mol. The van der Waals surface area contributed by atoms with Crippen molar-refractivity contribution in [3.8, 4) is 0 Å². The topological polar surface area (TPSA) is 40.6 Å². The zero-order valence-corrected chi connectivity index (χ0v) is 14.9. The third-order valence-corrected chi connectivity index (χ3v) is 4.88. The number of rotatable bonds is 1. The molecular weight excluding hydrogens is 276 g/mol. The van der Waals surface area contributed by atoms with E-state index in [-0.39, 0.29) is 23.1 Å². The Bertz CT molecular complexity index is 417. The number of hydrogen-bond donors (Lipinski definition) is 0. The second-order valence-electron chi connectivity index (χ2n) is 8.53. The molecule has 0 saturated carbocycles. The number of carbonyl (C=O) groups is 2. The first-order valence-corrected chi connectivity index (χ1v) is 8.76. The first-order valence-electron chi connectivity index (χ1n) is 8.76. The average molecular weight is 308 g/mol. The Balaban J connectivity index is 2.00. The normalized spacial score (nSPS) is 30.3. The highest BCUT2D eigenvalue weighted by Crippen LogP contribution is 2.27. The summed E-state index contributed by atoms with van der Waals surface area (Å²) in [5.41, 5.74) is -0.362. The van der Waals surface area contributed by atoms with Crippen molar-refractivity contribution >= 4 is 11.8 Å². The molecule has 0 aromatic carbocycles. The summed E-state index contributed by atoms with van der Waals surface area (Å²) in [5, 5.41) is 0. The minimum Gasteiger partial charge on any atom is -0.342 e. The lowest BCUT2D eigenvalue weighted by Gasteiger charge is -2.40. The molecule has 0 unspecified atom stereocenters. The van der Waals surface area contributed by atoms with Gasteiger partial charge in [-0.25, -0.2) is 0 Å². The van der Waals surface area contributed by atoms with Gasteiger partial charge in [0.1, 0.15) is 0 Å². The highest BCUT2D eigenvalue weighted by molar-refractivity contribution is 5.84. The molecule has 0 aromatic rings. The number of amides is 2. The molecule has 126 valence electrons. The van der Waals surface area contributed by atoms with Gasteiger partial charge in [0.05, 0.1) is 5.92 Å². The van der Waals surface area contributed by atoms with Crippen LogP contribution < -0.4 is 0 Å². The van der Waals surface area contributed by atoms with E-state index in [2.05, 4.69) is 18.7 Å². The predicted octanol–water partition coefficient (Wildman–Crippen LogP) is 2.78. The number of hydrogen-bond acceptors (Lipinski definition) is 2. The van der Waals surface area contributed by atoms with Crippen LogP contribution in [0.15, 0.2) is 0 Å². The Morgan fingerprint density at radius 2 is 1.55 bits per heavy atom. The third kappa shape index (κ3) is 4.02. The second kappa shape index (κ2) is 6.59. The molecule has 0 bridgehead atoms. The summed E-state index contributed by atoms with van der Waals surface area (Å²) in [7, 11) is 0. The molecule has 2 rings (SSSR count). The van der Waals surface area contributed by atoms with Crippen LogP contribution in [-0.2, 0) is 9.59 Å². The van der Waals surface area contributed by atoms with Gasteiger partial charge < -0.3 is 9.80 Å². The van der Waals surface area contributed by atoms with Crippen molar-refractivity contribution in [3.05, 3.63) is 0 Å². The summed E-state index contributed by atoms with van der Waals surface area (Å²) < 4.78 is 0. The monoisotopic (exact) mass is 308 g/mol. The Morgan fingerprint density at radius 1 is 0.955 bits per heavy atom. The Hall–Kier alpha value is -1.06. The van der Waals surface area contributed by atoms with Crippen molar-refractivity contribution in [2.45, 2.75) is 53.9 Å². The van der Waals surface area contributed by atoms with Crippen molar-refractivity contribution < 1.29 is 9.59 Å². The molecule has 22 heavy (non-hydrogen) atoms. The van der Waals surface area contributed by atoms with Crippen LogP contribution in [0, 0.1) is 23.2 Å². The van der Waals surface area contributed by atoms with Crippen LogP contribution in [0.25, 0.3) is 0 Å². The quantitative estimate of drug-likeness (QED) is 0.747. The molecule has 0 N–H and O–H groups in total. The minimum absolute atomic E-state index is 0.00227. The lowest BCUT2D eigenvalue weighted by Crippen LogP contribution is -2.51. The SMILES string of the molecule is C[C@@H]1C[C@H](C)CN(C(=O)[C@@H]2CCCN(C(=O)C(C)(C)C)C2)C1. The van der Waals surface area contributed by atoms with E-state index in [4.69, 9.17) is 0 Å². The molecule has 2 fully saturated rings. The van der Waals surface area contributed by atoms with E-state index in [0.717, 1.165) is 32.5 Å². The third-order valence-electron chi connectivity index (χ3n) is 4.88. The number of piperidine rings is 2. The van der Waals surface area contributed by atoms with Crippen LogP contribution in [-0.4, -0.2) is 47.8 Å². The van der Waals surface area contributed by atoms with Gasteiger partial charge in [0.2, 0.25) is 11.8 Å². The zero-order chi connectivity index (χ0) is 16.5. The largest absolute Gasteiger partial charge is 0.342 e. The van der Waals surface area contributed by atoms with E-state index >= 15 is 0 Å². The van der Waals surface area contributed by atoms with Crippen molar-refractivity contribution in [1.29, 1.82) is 0 Å². The molecule has 2 saturated heterocycles. The summed E-state index contributed by atoms with van der Waals surface area (Å²) in [5.74, 6) is 1.61. The standard InChI is InChI=1S/C18H32N2O2/c1-13-9-14(2)11-20(10-13)16(21)15-7-6-8-19(12-15)17(22)18(3,4)5/h13-15H,6-12H2,1-5H3/t13-,14+,15-/m1/s1. The molecule has 0 aromatic heterocycles. The van der Waals surface area contributed by atoms with E-state index < -0.39 is 0 Å². The summed E-state index contributed by atoms with van der Waals surface area (Å²) in [6, 6.07) is 0. The smallest absolute Gasteiger partial charge is 0.227 e. The summed E-state index contributed by atoms with van der Waals surface area (Å²) in [6.07, 6.45) is 3.08. The average Bonchev–Trinajstić information content (AvgIpc) is 2.43. The van der Waals surface area contributed by atoms with Gasteiger partial charge in [-0.2, -0.15) is 0 Å². The zero-order valence-electron chi connectivity index (χ0n) is 14.9. The fraction of sp³-hybridized carbons (Fsp3) is 0.889. The summed E-state index contributed by atoms with van der Waals surface area (Å²) in [6.45, 7) is 13.5. The van der Waals surface area contributed by atoms with E-state index in [9.17, 15) is 9.59 Å². The molecule has 2 amide bonds. The Labute approximate surface area is 135 Å². The molecule has 4 nitrogen and oxygen atoms in total. The van der Waals surface area contributed by atoms with E-state index in [1.54, 1.807) is 0 Å². The van der Waals surface area contributed by atoms with Gasteiger partial charge in [-0.05, 0) is 31.1 Å². The highest BCUT2D eigenvalue weighted by Gasteiger charge is 2.36. The van der Waals surface area contributed by atoms with Gasteiger partial charge in [0.15, 0.2) is 0 Å². The lowest BCUT2D eigenvalue weighted by molar-refractivity contribution is -0.146. The van der Waals surface area contributed by atoms with Crippen molar-refractivity contribution in [1.82, 2.24) is 9.80 Å². The molecule has 2 heterocycles. The molecule has 2 aliphatic heterocycles. The maximum Gasteiger partial charge on any atom is 0.227 e. The van der Waals surface area contributed by atoms with E-state index in [1.807, 2.05) is 25.7 Å².